The zero-order valence-electron chi connectivity index (χ0n) is 18.1. The van der Waals surface area contributed by atoms with Gasteiger partial charge in [-0.3, -0.25) is 14.5 Å². The van der Waals surface area contributed by atoms with Crippen molar-refractivity contribution in [3.05, 3.63) is 94.8 Å². The summed E-state index contributed by atoms with van der Waals surface area (Å²) < 4.78 is 11.2. The van der Waals surface area contributed by atoms with Gasteiger partial charge in [0.1, 0.15) is 11.5 Å². The van der Waals surface area contributed by atoms with E-state index >= 15 is 0 Å². The number of imide groups is 1. The molecular formula is C26H25NO4S. The highest BCUT2D eigenvalue weighted by molar-refractivity contribution is 8.03. The summed E-state index contributed by atoms with van der Waals surface area (Å²) in [5, 5.41) is 0. The number of thioether (sulfide) groups is 1. The number of carbonyl (C=O) groups is 2. The van der Waals surface area contributed by atoms with Gasteiger partial charge in [-0.2, -0.15) is 0 Å². The molecule has 5 nitrogen and oxygen atoms in total. The Hall–Kier alpha value is -3.25. The smallest absolute Gasteiger partial charge is 0.268 e. The molecule has 0 saturated heterocycles. The van der Waals surface area contributed by atoms with Crippen molar-refractivity contribution >= 4 is 29.1 Å². The summed E-state index contributed by atoms with van der Waals surface area (Å²) in [4.78, 5) is 28.4. The normalized spacial score (nSPS) is 14.0. The molecule has 0 N–H and O–H groups in total. The van der Waals surface area contributed by atoms with E-state index in [-0.39, 0.29) is 18.4 Å². The lowest BCUT2D eigenvalue weighted by atomic mass is 10.1. The fourth-order valence-electron chi connectivity index (χ4n) is 3.37. The molecule has 0 fully saturated rings. The van der Waals surface area contributed by atoms with Crippen molar-refractivity contribution < 1.29 is 18.7 Å². The molecule has 164 valence electrons. The highest BCUT2D eigenvalue weighted by Gasteiger charge is 2.39. The average molecular weight is 448 g/mol. The number of ether oxygens (including phenoxy) is 1. The fraction of sp³-hybridized carbons (Fsp3) is 0.231. The largest absolute Gasteiger partial charge is 0.493 e. The third-order valence-corrected chi connectivity index (χ3v) is 6.07. The summed E-state index contributed by atoms with van der Waals surface area (Å²) in [6.45, 7) is 5.04. The molecule has 0 unspecified atom stereocenters. The average Bonchev–Trinajstić information content (AvgIpc) is 3.40. The molecule has 6 heteroatoms. The van der Waals surface area contributed by atoms with E-state index in [1.807, 2.05) is 66.7 Å². The Kier molecular flexibility index (Phi) is 6.81. The molecule has 3 aromatic rings. The highest BCUT2D eigenvalue weighted by Crippen LogP contribution is 2.38. The van der Waals surface area contributed by atoms with Crippen LogP contribution in [0.2, 0.25) is 0 Å². The van der Waals surface area contributed by atoms with E-state index in [4.69, 9.17) is 9.15 Å². The van der Waals surface area contributed by atoms with Gasteiger partial charge in [0.05, 0.1) is 35.6 Å². The molecule has 32 heavy (non-hydrogen) atoms. The Morgan fingerprint density at radius 3 is 2.34 bits per heavy atom. The van der Waals surface area contributed by atoms with Crippen LogP contribution in [0.5, 0.6) is 5.75 Å². The van der Waals surface area contributed by atoms with Crippen molar-refractivity contribution in [2.75, 3.05) is 6.61 Å². The summed E-state index contributed by atoms with van der Waals surface area (Å²) in [7, 11) is 0. The lowest BCUT2D eigenvalue weighted by molar-refractivity contribution is -0.137. The van der Waals surface area contributed by atoms with Gasteiger partial charge in [-0.25, -0.2) is 0 Å². The number of benzene rings is 2. The third-order valence-electron chi connectivity index (χ3n) is 4.97. The molecule has 1 aromatic heterocycles. The maximum Gasteiger partial charge on any atom is 0.268 e. The maximum atomic E-state index is 13.4. The van der Waals surface area contributed by atoms with Crippen molar-refractivity contribution in [1.82, 2.24) is 4.90 Å². The number of rotatable bonds is 9. The molecule has 4 rings (SSSR count). The van der Waals surface area contributed by atoms with Gasteiger partial charge in [-0.1, -0.05) is 56.3 Å². The molecule has 0 aliphatic carbocycles. The zero-order valence-corrected chi connectivity index (χ0v) is 18.9. The van der Waals surface area contributed by atoms with Crippen molar-refractivity contribution in [2.45, 2.75) is 26.1 Å². The van der Waals surface area contributed by atoms with E-state index in [2.05, 4.69) is 13.8 Å². The van der Waals surface area contributed by atoms with E-state index in [0.29, 0.717) is 34.3 Å². The Morgan fingerprint density at radius 2 is 1.69 bits per heavy atom. The first kappa shape index (κ1) is 22.0. The van der Waals surface area contributed by atoms with Gasteiger partial charge in [0.2, 0.25) is 0 Å². The molecule has 0 saturated carbocycles. The minimum absolute atomic E-state index is 0.238. The van der Waals surface area contributed by atoms with Crippen LogP contribution in [0.15, 0.2) is 82.3 Å². The molecule has 2 amide bonds. The number of hydrogen-bond acceptors (Lipinski definition) is 5. The van der Waals surface area contributed by atoms with Crippen LogP contribution in [-0.4, -0.2) is 23.3 Å². The molecule has 0 radical (unpaired) electrons. The van der Waals surface area contributed by atoms with Crippen LogP contribution in [0.1, 0.15) is 30.7 Å². The fourth-order valence-corrected chi connectivity index (χ4v) is 4.40. The van der Waals surface area contributed by atoms with E-state index in [1.165, 1.54) is 16.7 Å². The third kappa shape index (κ3) is 4.97. The molecule has 0 atom stereocenters. The van der Waals surface area contributed by atoms with Crippen LogP contribution >= 0.6 is 11.8 Å². The first-order valence-electron chi connectivity index (χ1n) is 10.6. The molecule has 1 aliphatic heterocycles. The van der Waals surface area contributed by atoms with Crippen molar-refractivity contribution in [3.8, 4) is 5.75 Å². The van der Waals surface area contributed by atoms with Gasteiger partial charge in [0.15, 0.2) is 0 Å². The van der Waals surface area contributed by atoms with Gasteiger partial charge in [0, 0.05) is 0 Å². The standard InChI is InChI=1S/C26H25NO4S/c1-18(2)16-31-21-12-10-20(11-13-21)23-24(32-17-22-9-6-14-30-22)26(29)27(25(23)28)15-19-7-4-3-5-8-19/h3-14,18H,15-17H2,1-2H3. The van der Waals surface area contributed by atoms with E-state index in [1.54, 1.807) is 6.26 Å². The van der Waals surface area contributed by atoms with Crippen LogP contribution in [0.25, 0.3) is 5.57 Å². The lowest BCUT2D eigenvalue weighted by Crippen LogP contribution is -2.30. The second-order valence-electron chi connectivity index (χ2n) is 7.98. The van der Waals surface area contributed by atoms with Gasteiger partial charge < -0.3 is 9.15 Å². The highest BCUT2D eigenvalue weighted by atomic mass is 32.2. The Labute approximate surface area is 192 Å². The number of hydrogen-bond donors (Lipinski definition) is 0. The Morgan fingerprint density at radius 1 is 0.938 bits per heavy atom. The summed E-state index contributed by atoms with van der Waals surface area (Å²) in [5.41, 5.74) is 2.04. The second kappa shape index (κ2) is 9.92. The van der Waals surface area contributed by atoms with Crippen LogP contribution in [-0.2, 0) is 21.9 Å². The summed E-state index contributed by atoms with van der Waals surface area (Å²) >= 11 is 1.33. The predicted octanol–water partition coefficient (Wildman–Crippen LogP) is 5.53. The molecule has 1 aliphatic rings. The monoisotopic (exact) mass is 447 g/mol. The van der Waals surface area contributed by atoms with E-state index < -0.39 is 0 Å². The summed E-state index contributed by atoms with van der Waals surface area (Å²) in [6, 6.07) is 20.6. The van der Waals surface area contributed by atoms with Gasteiger partial charge >= 0.3 is 0 Å². The van der Waals surface area contributed by atoms with Gasteiger partial charge in [-0.05, 0) is 41.3 Å². The molecule has 2 heterocycles. The zero-order chi connectivity index (χ0) is 22.5. The van der Waals surface area contributed by atoms with Crippen molar-refractivity contribution in [2.24, 2.45) is 5.92 Å². The first-order valence-corrected chi connectivity index (χ1v) is 11.5. The van der Waals surface area contributed by atoms with Gasteiger partial charge in [0.25, 0.3) is 11.8 Å². The van der Waals surface area contributed by atoms with Crippen molar-refractivity contribution in [3.63, 3.8) is 0 Å². The summed E-state index contributed by atoms with van der Waals surface area (Å²) in [6.07, 6.45) is 1.60. The number of amides is 2. The number of nitrogens with zero attached hydrogens (tertiary/aromatic N) is 1. The quantitative estimate of drug-likeness (QED) is 0.404. The second-order valence-corrected chi connectivity index (χ2v) is 8.97. The summed E-state index contributed by atoms with van der Waals surface area (Å²) in [5.74, 6) is 1.83. The number of carbonyl (C=O) groups excluding carboxylic acids is 2. The minimum atomic E-state index is -0.281. The van der Waals surface area contributed by atoms with Crippen LogP contribution in [0.3, 0.4) is 0 Å². The molecular weight excluding hydrogens is 422 g/mol. The van der Waals surface area contributed by atoms with Crippen LogP contribution in [0, 0.1) is 5.92 Å². The topological polar surface area (TPSA) is 59.8 Å². The first-order chi connectivity index (χ1) is 15.5. The van der Waals surface area contributed by atoms with E-state index in [0.717, 1.165) is 17.1 Å². The predicted molar refractivity (Wildman–Crippen MR) is 126 cm³/mol. The van der Waals surface area contributed by atoms with Gasteiger partial charge in [-0.15, -0.1) is 11.8 Å². The lowest BCUT2D eigenvalue weighted by Gasteiger charge is -2.15. The molecule has 2 aromatic carbocycles. The van der Waals surface area contributed by atoms with Crippen LogP contribution < -0.4 is 4.74 Å². The number of furan rings is 1. The van der Waals surface area contributed by atoms with E-state index in [9.17, 15) is 9.59 Å². The molecule has 0 spiro atoms. The molecule has 0 bridgehead atoms. The van der Waals surface area contributed by atoms with Crippen LogP contribution in [0.4, 0.5) is 0 Å². The van der Waals surface area contributed by atoms with Crippen molar-refractivity contribution in [1.29, 1.82) is 0 Å². The maximum absolute atomic E-state index is 13.4. The Balaban J connectivity index is 1.62. The minimum Gasteiger partial charge on any atom is -0.493 e. The Bertz CT molecular complexity index is 1100. The SMILES string of the molecule is CC(C)COc1ccc(C2=C(SCc3ccco3)C(=O)N(Cc3ccccc3)C2=O)cc1.